The molecular weight excluding hydrogens is 354 g/mol. The number of hydrogen-bond acceptors (Lipinski definition) is 5. The molecule has 0 bridgehead atoms. The van der Waals surface area contributed by atoms with Crippen LogP contribution in [0.5, 0.6) is 11.5 Å². The predicted molar refractivity (Wildman–Crippen MR) is 102 cm³/mol. The molecule has 2 saturated heterocycles. The van der Waals surface area contributed by atoms with Gasteiger partial charge in [0.15, 0.2) is 0 Å². The molecular formula is C18H25N3O4S. The van der Waals surface area contributed by atoms with Crippen LogP contribution in [0.4, 0.5) is 10.5 Å². The summed E-state index contributed by atoms with van der Waals surface area (Å²) in [7, 11) is 3.15. The van der Waals surface area contributed by atoms with Gasteiger partial charge in [-0.25, -0.2) is 4.79 Å². The van der Waals surface area contributed by atoms with Crippen LogP contribution < -0.4 is 25.4 Å². The van der Waals surface area contributed by atoms with Gasteiger partial charge in [0.05, 0.1) is 32.0 Å². The van der Waals surface area contributed by atoms with Gasteiger partial charge in [0, 0.05) is 23.5 Å². The molecule has 2 fully saturated rings. The van der Waals surface area contributed by atoms with E-state index in [1.54, 1.807) is 32.4 Å². The maximum absolute atomic E-state index is 12.2. The molecule has 142 valence electrons. The van der Waals surface area contributed by atoms with Gasteiger partial charge in [-0.1, -0.05) is 6.42 Å². The van der Waals surface area contributed by atoms with Crippen molar-refractivity contribution in [2.45, 2.75) is 43.0 Å². The second-order valence-corrected chi connectivity index (χ2v) is 7.75. The van der Waals surface area contributed by atoms with Crippen LogP contribution in [0.2, 0.25) is 0 Å². The summed E-state index contributed by atoms with van der Waals surface area (Å²) in [4.78, 5) is 23.6. The van der Waals surface area contributed by atoms with Gasteiger partial charge in [0.25, 0.3) is 0 Å². The third-order valence-corrected chi connectivity index (χ3v) is 6.27. The minimum absolute atomic E-state index is 0.0376. The van der Waals surface area contributed by atoms with Crippen molar-refractivity contribution in [3.8, 4) is 11.5 Å². The number of carbonyl (C=O) groups excluding carboxylic acids is 2. The van der Waals surface area contributed by atoms with Crippen molar-refractivity contribution in [1.29, 1.82) is 0 Å². The summed E-state index contributed by atoms with van der Waals surface area (Å²) in [6, 6.07) is 5.73. The second-order valence-electron chi connectivity index (χ2n) is 6.48. The number of unbranched alkanes of at least 4 members (excludes halogenated alkanes) is 1. The van der Waals surface area contributed by atoms with Gasteiger partial charge in [-0.05, 0) is 25.0 Å². The van der Waals surface area contributed by atoms with E-state index in [0.717, 1.165) is 25.0 Å². The number of amides is 3. The maximum Gasteiger partial charge on any atom is 0.315 e. The minimum Gasteiger partial charge on any atom is -0.497 e. The molecule has 26 heavy (non-hydrogen) atoms. The topological polar surface area (TPSA) is 88.7 Å². The Kier molecular flexibility index (Phi) is 6.13. The van der Waals surface area contributed by atoms with E-state index < -0.39 is 0 Å². The number of benzene rings is 1. The number of methoxy groups -OCH3 is 2. The molecule has 3 amide bonds. The Balaban J connectivity index is 1.41. The fourth-order valence-electron chi connectivity index (χ4n) is 3.40. The van der Waals surface area contributed by atoms with Gasteiger partial charge in [0.1, 0.15) is 11.5 Å². The van der Waals surface area contributed by atoms with Gasteiger partial charge < -0.3 is 25.4 Å². The van der Waals surface area contributed by atoms with E-state index in [0.29, 0.717) is 28.9 Å². The fourth-order valence-corrected chi connectivity index (χ4v) is 4.94. The van der Waals surface area contributed by atoms with Crippen LogP contribution >= 0.6 is 11.8 Å². The Morgan fingerprint density at radius 3 is 2.88 bits per heavy atom. The summed E-state index contributed by atoms with van der Waals surface area (Å²) >= 11 is 1.90. The average molecular weight is 379 g/mol. The Morgan fingerprint density at radius 2 is 2.12 bits per heavy atom. The zero-order valence-electron chi connectivity index (χ0n) is 15.0. The Bertz CT molecular complexity index is 670. The van der Waals surface area contributed by atoms with Crippen LogP contribution in [0.1, 0.15) is 25.7 Å². The van der Waals surface area contributed by atoms with Gasteiger partial charge in [0.2, 0.25) is 5.91 Å². The molecule has 7 nitrogen and oxygen atoms in total. The van der Waals surface area contributed by atoms with Crippen LogP contribution in [0.15, 0.2) is 18.2 Å². The van der Waals surface area contributed by atoms with Crippen molar-refractivity contribution >= 4 is 29.4 Å². The molecule has 0 saturated carbocycles. The lowest BCUT2D eigenvalue weighted by Gasteiger charge is -2.16. The third kappa shape index (κ3) is 4.35. The largest absolute Gasteiger partial charge is 0.497 e. The Morgan fingerprint density at radius 1 is 1.27 bits per heavy atom. The maximum atomic E-state index is 12.2. The van der Waals surface area contributed by atoms with Crippen LogP contribution in [-0.2, 0) is 4.79 Å². The summed E-state index contributed by atoms with van der Waals surface area (Å²) < 4.78 is 10.5. The highest BCUT2D eigenvalue weighted by molar-refractivity contribution is 8.00. The van der Waals surface area contributed by atoms with Crippen molar-refractivity contribution in [2.24, 2.45) is 0 Å². The van der Waals surface area contributed by atoms with Crippen molar-refractivity contribution in [2.75, 3.05) is 25.3 Å². The number of thioether (sulfide) groups is 1. The standard InChI is InChI=1S/C18H25N3O4S/c1-24-11-7-8-14(25-2)12(9-11)19-16(22)6-4-3-5-15-17-13(10-26-15)20-18(23)21-17/h7-9,13,15,17H,3-6,10H2,1-2H3,(H,19,22)(H2,20,21,23). The summed E-state index contributed by atoms with van der Waals surface area (Å²) in [5, 5.41) is 9.26. The number of carbonyl (C=O) groups is 2. The number of hydrogen-bond donors (Lipinski definition) is 3. The second kappa shape index (κ2) is 8.53. The highest BCUT2D eigenvalue weighted by Crippen LogP contribution is 2.33. The summed E-state index contributed by atoms with van der Waals surface area (Å²) in [6.45, 7) is 0. The monoisotopic (exact) mass is 379 g/mol. The van der Waals surface area contributed by atoms with Crippen LogP contribution in [0.25, 0.3) is 0 Å². The molecule has 3 unspecified atom stereocenters. The molecule has 0 radical (unpaired) electrons. The first kappa shape index (κ1) is 18.7. The van der Waals surface area contributed by atoms with E-state index in [-0.39, 0.29) is 24.0 Å². The Hall–Kier alpha value is -2.09. The van der Waals surface area contributed by atoms with Crippen molar-refractivity contribution < 1.29 is 19.1 Å². The number of anilines is 1. The van der Waals surface area contributed by atoms with Gasteiger partial charge in [-0.15, -0.1) is 0 Å². The molecule has 2 aliphatic heterocycles. The first-order valence-corrected chi connectivity index (χ1v) is 9.86. The van der Waals surface area contributed by atoms with Crippen molar-refractivity contribution in [1.82, 2.24) is 10.6 Å². The number of nitrogens with one attached hydrogen (secondary N) is 3. The van der Waals surface area contributed by atoms with Crippen LogP contribution in [0, 0.1) is 0 Å². The molecule has 1 aromatic carbocycles. The molecule has 0 spiro atoms. The highest BCUT2D eigenvalue weighted by Gasteiger charge is 2.42. The summed E-state index contributed by atoms with van der Waals surface area (Å²) in [6.07, 6.45) is 3.23. The van der Waals surface area contributed by atoms with E-state index in [2.05, 4.69) is 16.0 Å². The molecule has 3 N–H and O–H groups in total. The minimum atomic E-state index is -0.0584. The smallest absolute Gasteiger partial charge is 0.315 e. The third-order valence-electron chi connectivity index (χ3n) is 4.76. The normalized spacial score (nSPS) is 23.8. The van der Waals surface area contributed by atoms with E-state index in [9.17, 15) is 9.59 Å². The summed E-state index contributed by atoms with van der Waals surface area (Å²) in [5.74, 6) is 2.20. The van der Waals surface area contributed by atoms with E-state index in [1.807, 2.05) is 11.8 Å². The number of ether oxygens (including phenoxy) is 2. The number of rotatable bonds is 8. The molecule has 8 heteroatoms. The number of fused-ring (bicyclic) bond motifs is 1. The lowest BCUT2D eigenvalue weighted by molar-refractivity contribution is -0.116. The fraction of sp³-hybridized carbons (Fsp3) is 0.556. The predicted octanol–water partition coefficient (Wildman–Crippen LogP) is 2.37. The first-order chi connectivity index (χ1) is 12.6. The van der Waals surface area contributed by atoms with E-state index in [1.165, 1.54) is 0 Å². The van der Waals surface area contributed by atoms with Crippen LogP contribution in [0.3, 0.4) is 0 Å². The molecule has 2 heterocycles. The lowest BCUT2D eigenvalue weighted by atomic mass is 10.0. The van der Waals surface area contributed by atoms with E-state index >= 15 is 0 Å². The molecule has 3 atom stereocenters. The van der Waals surface area contributed by atoms with Gasteiger partial charge in [-0.2, -0.15) is 11.8 Å². The molecule has 2 aliphatic rings. The molecule has 0 aromatic heterocycles. The molecule has 3 rings (SSSR count). The van der Waals surface area contributed by atoms with E-state index in [4.69, 9.17) is 9.47 Å². The van der Waals surface area contributed by atoms with Crippen molar-refractivity contribution in [3.63, 3.8) is 0 Å². The number of urea groups is 1. The highest BCUT2D eigenvalue weighted by atomic mass is 32.2. The first-order valence-electron chi connectivity index (χ1n) is 8.81. The zero-order chi connectivity index (χ0) is 18.5. The zero-order valence-corrected chi connectivity index (χ0v) is 15.9. The van der Waals surface area contributed by atoms with Gasteiger partial charge >= 0.3 is 6.03 Å². The SMILES string of the molecule is COc1ccc(OC)c(NC(=O)CCCCC2SCC3NC(=O)NC32)c1. The lowest BCUT2D eigenvalue weighted by Crippen LogP contribution is -2.36. The Labute approximate surface area is 157 Å². The van der Waals surface area contributed by atoms with Crippen LogP contribution in [-0.4, -0.2) is 49.2 Å². The van der Waals surface area contributed by atoms with Crippen molar-refractivity contribution in [3.05, 3.63) is 18.2 Å². The summed E-state index contributed by atoms with van der Waals surface area (Å²) in [5.41, 5.74) is 0.616. The van der Waals surface area contributed by atoms with Gasteiger partial charge in [-0.3, -0.25) is 4.79 Å². The average Bonchev–Trinajstić information content (AvgIpc) is 3.18. The quantitative estimate of drug-likeness (QED) is 0.477. The molecule has 1 aromatic rings. The molecule has 0 aliphatic carbocycles.